The van der Waals surface area contributed by atoms with Gasteiger partial charge in [-0.15, -0.1) is 0 Å². The van der Waals surface area contributed by atoms with Crippen molar-refractivity contribution in [1.29, 1.82) is 0 Å². The fourth-order valence-corrected chi connectivity index (χ4v) is 11.8. The second-order valence-electron chi connectivity index (χ2n) is 22.6. The second kappa shape index (κ2) is 32.1. The number of nitrogens with zero attached hydrogens (tertiary/aromatic N) is 11. The van der Waals surface area contributed by atoms with Crippen LogP contribution in [-0.4, -0.2) is 54.8 Å². The van der Waals surface area contributed by atoms with Gasteiger partial charge in [-0.2, -0.15) is 4.98 Å². The fourth-order valence-electron chi connectivity index (χ4n) is 11.1. The molecule has 16 heteroatoms. The van der Waals surface area contributed by atoms with E-state index in [0.29, 0.717) is 16.8 Å². The van der Waals surface area contributed by atoms with Crippen LogP contribution in [0.15, 0.2) is 316 Å². The van der Waals surface area contributed by atoms with Gasteiger partial charge < -0.3 is 0 Å². The van der Waals surface area contributed by atoms with Crippen molar-refractivity contribution in [2.24, 2.45) is 0 Å². The highest BCUT2D eigenvalue weighted by Crippen LogP contribution is 2.49. The Labute approximate surface area is 593 Å². The summed E-state index contributed by atoms with van der Waals surface area (Å²) >= 11 is 29.7. The van der Waals surface area contributed by atoms with Gasteiger partial charge in [0, 0.05) is 62.8 Å². The zero-order valence-corrected chi connectivity index (χ0v) is 56.6. The third kappa shape index (κ3) is 17.1. The van der Waals surface area contributed by atoms with Crippen molar-refractivity contribution in [3.8, 4) is 112 Å². The molecule has 10 aromatic carbocycles. The first kappa shape index (κ1) is 67.0. The van der Waals surface area contributed by atoms with Crippen LogP contribution in [0.5, 0.6) is 0 Å². The van der Waals surface area contributed by atoms with E-state index >= 15 is 0 Å². The van der Waals surface area contributed by atoms with Crippen LogP contribution in [0.4, 0.5) is 0 Å². The Morgan fingerprint density at radius 1 is 0.235 bits per heavy atom. The van der Waals surface area contributed by atoms with Crippen LogP contribution in [-0.2, 0) is 5.41 Å². The summed E-state index contributed by atoms with van der Waals surface area (Å²) in [6, 6.07) is 99.0. The average molecular weight is 1370 g/mol. The summed E-state index contributed by atoms with van der Waals surface area (Å²) in [7, 11) is 0. The molecule has 16 rings (SSSR count). The highest BCUT2D eigenvalue weighted by molar-refractivity contribution is 6.30. The van der Waals surface area contributed by atoms with E-state index < -0.39 is 0 Å². The summed E-state index contributed by atoms with van der Waals surface area (Å²) in [6.07, 6.45) is 4.78. The van der Waals surface area contributed by atoms with Crippen molar-refractivity contribution in [2.45, 2.75) is 19.3 Å². The molecule has 476 valence electrons. The number of hydrogen-bond donors (Lipinski definition) is 0. The van der Waals surface area contributed by atoms with Crippen molar-refractivity contribution < 1.29 is 0 Å². The van der Waals surface area contributed by atoms with Gasteiger partial charge in [0.15, 0.2) is 11.6 Å². The normalized spacial score (nSPS) is 11.3. The Morgan fingerprint density at radius 2 is 0.622 bits per heavy atom. The van der Waals surface area contributed by atoms with Gasteiger partial charge in [-0.1, -0.05) is 274 Å². The Balaban J connectivity index is 0.000000118. The molecule has 0 N–H and O–H groups in total. The van der Waals surface area contributed by atoms with Crippen molar-refractivity contribution in [2.75, 3.05) is 0 Å². The SMILES string of the molecule is CC1(C)c2ccccc2-c2ccc(-c3ccnc(Cl)n3)cc21.Clc1cc(-c2ccccc2)nc(-c2ccccc2)n1.Clc1nc(-c2ccccc2)cc(-c2ccccc2)n1.Clc1nccc(-c2ccccc2)n1.Clc1ncnc(-c2cc(-c3ccccc3)cc(-c3ccccc3)c2)n1. The minimum Gasteiger partial charge on any atom is -0.228 e. The Kier molecular flexibility index (Phi) is 22.0. The van der Waals surface area contributed by atoms with Crippen LogP contribution in [0.2, 0.25) is 26.3 Å². The Bertz CT molecular complexity index is 4830. The molecule has 5 aromatic heterocycles. The molecule has 98 heavy (non-hydrogen) atoms. The molecule has 15 aromatic rings. The first-order valence-corrected chi connectivity index (χ1v) is 33.0. The van der Waals surface area contributed by atoms with Gasteiger partial charge >= 0.3 is 0 Å². The van der Waals surface area contributed by atoms with E-state index in [9.17, 15) is 0 Å². The van der Waals surface area contributed by atoms with Crippen molar-refractivity contribution in [3.63, 3.8) is 0 Å². The van der Waals surface area contributed by atoms with Crippen molar-refractivity contribution >= 4 is 58.0 Å². The number of halogens is 5. The summed E-state index contributed by atoms with van der Waals surface area (Å²) in [5, 5.41) is 1.46. The lowest BCUT2D eigenvalue weighted by Crippen LogP contribution is -2.14. The zero-order chi connectivity index (χ0) is 67.6. The molecule has 0 bridgehead atoms. The van der Waals surface area contributed by atoms with Crippen LogP contribution in [0, 0.1) is 0 Å². The van der Waals surface area contributed by atoms with E-state index in [-0.39, 0.29) is 26.5 Å². The van der Waals surface area contributed by atoms with Gasteiger partial charge in [0.2, 0.25) is 21.1 Å². The summed E-state index contributed by atoms with van der Waals surface area (Å²) in [4.78, 5) is 46.0. The highest BCUT2D eigenvalue weighted by atomic mass is 35.5. The highest BCUT2D eigenvalue weighted by Gasteiger charge is 2.35. The first-order valence-electron chi connectivity index (χ1n) is 31.1. The minimum absolute atomic E-state index is 0.00123. The van der Waals surface area contributed by atoms with E-state index in [0.717, 1.165) is 89.7 Å². The average Bonchev–Trinajstić information content (AvgIpc) is 1.58. The minimum atomic E-state index is -0.00123. The number of rotatable bonds is 9. The van der Waals surface area contributed by atoms with Crippen LogP contribution in [0.1, 0.15) is 25.0 Å². The predicted octanol–water partition coefficient (Wildman–Crippen LogP) is 22.4. The van der Waals surface area contributed by atoms with Gasteiger partial charge in [0.1, 0.15) is 11.5 Å². The van der Waals surface area contributed by atoms with E-state index in [2.05, 4.69) is 154 Å². The molecule has 5 heterocycles. The lowest BCUT2D eigenvalue weighted by molar-refractivity contribution is 0.660. The summed E-state index contributed by atoms with van der Waals surface area (Å²) < 4.78 is 0. The lowest BCUT2D eigenvalue weighted by atomic mass is 9.82. The predicted molar refractivity (Wildman–Crippen MR) is 399 cm³/mol. The molecule has 0 atom stereocenters. The lowest BCUT2D eigenvalue weighted by Gasteiger charge is -2.21. The number of hydrogen-bond acceptors (Lipinski definition) is 11. The number of benzene rings is 10. The quantitative estimate of drug-likeness (QED) is 0.101. The van der Waals surface area contributed by atoms with E-state index in [4.69, 9.17) is 58.0 Å². The van der Waals surface area contributed by atoms with Crippen molar-refractivity contribution in [3.05, 3.63) is 353 Å². The molecule has 1 aliphatic carbocycles. The van der Waals surface area contributed by atoms with Gasteiger partial charge in [-0.05, 0) is 133 Å². The fraction of sp³-hybridized carbons (Fsp3) is 0.0366. The summed E-state index contributed by atoms with van der Waals surface area (Å²) in [5.74, 6) is 1.21. The van der Waals surface area contributed by atoms with Gasteiger partial charge in [0.05, 0.1) is 28.5 Å². The first-order chi connectivity index (χ1) is 47.9. The van der Waals surface area contributed by atoms with Gasteiger partial charge in [-0.25, -0.2) is 49.8 Å². The van der Waals surface area contributed by atoms with Crippen molar-refractivity contribution in [1.82, 2.24) is 54.8 Å². The maximum absolute atomic E-state index is 6.10. The number of aromatic nitrogens is 11. The molecule has 0 spiro atoms. The van der Waals surface area contributed by atoms with E-state index in [1.165, 1.54) is 28.6 Å². The maximum Gasteiger partial charge on any atom is 0.225 e. The molecule has 0 unspecified atom stereocenters. The molecule has 0 fully saturated rings. The number of fused-ring (bicyclic) bond motifs is 3. The third-order valence-electron chi connectivity index (χ3n) is 15.8. The molecule has 0 saturated heterocycles. The topological polar surface area (TPSA) is 142 Å². The largest absolute Gasteiger partial charge is 0.228 e. The van der Waals surface area contributed by atoms with Crippen LogP contribution in [0.25, 0.3) is 112 Å². The summed E-state index contributed by atoms with van der Waals surface area (Å²) in [5.41, 5.74) is 21.1. The molecule has 0 aliphatic heterocycles. The molecular formula is C82H58Cl5N11. The van der Waals surface area contributed by atoms with E-state index in [1.807, 2.05) is 206 Å². The molecule has 0 saturated carbocycles. The molecule has 1 aliphatic rings. The maximum atomic E-state index is 6.10. The van der Waals surface area contributed by atoms with Gasteiger partial charge in [0.25, 0.3) is 0 Å². The third-order valence-corrected chi connectivity index (χ3v) is 16.7. The van der Waals surface area contributed by atoms with Crippen LogP contribution in [0.3, 0.4) is 0 Å². The Morgan fingerprint density at radius 3 is 1.10 bits per heavy atom. The van der Waals surface area contributed by atoms with Gasteiger partial charge in [-0.3, -0.25) is 0 Å². The molecular weight excluding hydrogens is 1320 g/mol. The zero-order valence-electron chi connectivity index (χ0n) is 52.8. The Hall–Kier alpha value is -11.0. The molecule has 11 nitrogen and oxygen atoms in total. The van der Waals surface area contributed by atoms with Crippen LogP contribution < -0.4 is 0 Å². The van der Waals surface area contributed by atoms with E-state index in [1.54, 1.807) is 18.5 Å². The summed E-state index contributed by atoms with van der Waals surface area (Å²) in [6.45, 7) is 4.54. The monoisotopic (exact) mass is 1370 g/mol. The smallest absolute Gasteiger partial charge is 0.225 e. The second-order valence-corrected chi connectivity index (χ2v) is 24.3. The molecule has 0 radical (unpaired) electrons. The standard InChI is InChI=1S/C21H14ClN3.C19H15ClN2.2C16H11ClN2.C10H7ClN2/c22-21-24-14-23-20(25-21)19-12-17(15-7-3-1-4-8-15)11-18(13-19)16-9-5-2-6-10-16;1-19(2)15-6-4-3-5-13(15)14-8-7-12(11-16(14)19)17-9-10-21-18(20)22-17;17-15-11-14(12-7-3-1-4-8-12)18-16(19-15)13-9-5-2-6-10-13;17-16-18-14(12-7-3-1-4-8-12)11-15(19-16)13-9-5-2-6-10-13;11-10-12-7-6-9(13-10)8-4-2-1-3-5-8/h1-14H;3-11H,1-2H3;2*1-11H;1-7H. The van der Waals surface area contributed by atoms with Crippen LogP contribution >= 0.6 is 58.0 Å². The molecule has 0 amide bonds.